The average molecular weight is 298 g/mol. The Morgan fingerprint density at radius 3 is 3.00 bits per heavy atom. The molecule has 2 heterocycles. The van der Waals surface area contributed by atoms with Gasteiger partial charge in [0, 0.05) is 22.2 Å². The zero-order chi connectivity index (χ0) is 11.4. The summed E-state index contributed by atoms with van der Waals surface area (Å²) in [6.45, 7) is 0.430. The quantitative estimate of drug-likeness (QED) is 0.945. The van der Waals surface area contributed by atoms with Gasteiger partial charge >= 0.3 is 0 Å². The molecule has 0 aromatic carbocycles. The molecule has 4 nitrogen and oxygen atoms in total. The molecule has 0 bridgehead atoms. The van der Waals surface area contributed by atoms with Crippen LogP contribution >= 0.6 is 27.3 Å². The first-order chi connectivity index (χ1) is 7.77. The molecule has 82 valence electrons. The third kappa shape index (κ3) is 2.65. The summed E-state index contributed by atoms with van der Waals surface area (Å²) in [6.07, 6.45) is 3.30. The van der Waals surface area contributed by atoms with Gasteiger partial charge in [-0.3, -0.25) is 4.79 Å². The number of amides is 1. The summed E-state index contributed by atoms with van der Waals surface area (Å²) < 4.78 is 0.687. The van der Waals surface area contributed by atoms with Crippen LogP contribution in [0.25, 0.3) is 0 Å². The summed E-state index contributed by atoms with van der Waals surface area (Å²) in [4.78, 5) is 19.8. The molecule has 2 rings (SSSR count). The summed E-state index contributed by atoms with van der Waals surface area (Å²) in [5, 5.41) is 5.51. The second kappa shape index (κ2) is 5.18. The van der Waals surface area contributed by atoms with Crippen molar-refractivity contribution in [2.24, 2.45) is 0 Å². The fourth-order valence-electron chi connectivity index (χ4n) is 1.13. The first kappa shape index (κ1) is 11.2. The Morgan fingerprint density at radius 1 is 1.44 bits per heavy atom. The molecular weight excluding hydrogens is 290 g/mol. The van der Waals surface area contributed by atoms with Crippen molar-refractivity contribution in [2.45, 2.75) is 6.54 Å². The zero-order valence-electron chi connectivity index (χ0n) is 8.18. The molecule has 2 aromatic rings. The van der Waals surface area contributed by atoms with E-state index in [0.29, 0.717) is 16.7 Å². The highest BCUT2D eigenvalue weighted by atomic mass is 79.9. The number of carbonyl (C=O) groups is 1. The molecule has 0 fully saturated rings. The highest BCUT2D eigenvalue weighted by molar-refractivity contribution is 9.10. The maximum Gasteiger partial charge on any atom is 0.271 e. The number of nitrogens with one attached hydrogen (secondary N) is 1. The second-order valence-corrected chi connectivity index (χ2v) is 4.78. The molecule has 1 N–H and O–H groups in total. The molecule has 0 unspecified atom stereocenters. The molecule has 0 aliphatic rings. The second-order valence-electron chi connectivity index (χ2n) is 2.94. The number of pyridine rings is 1. The number of thiazole rings is 1. The summed E-state index contributed by atoms with van der Waals surface area (Å²) in [7, 11) is 0. The highest BCUT2D eigenvalue weighted by Crippen LogP contribution is 2.13. The lowest BCUT2D eigenvalue weighted by Crippen LogP contribution is -2.24. The van der Waals surface area contributed by atoms with E-state index in [1.54, 1.807) is 24.5 Å². The van der Waals surface area contributed by atoms with E-state index in [2.05, 4.69) is 31.2 Å². The first-order valence-corrected chi connectivity index (χ1v) is 6.21. The van der Waals surface area contributed by atoms with Crippen LogP contribution in [0.3, 0.4) is 0 Å². The summed E-state index contributed by atoms with van der Waals surface area (Å²) in [5.74, 6) is -0.206. The highest BCUT2D eigenvalue weighted by Gasteiger charge is 2.10. The van der Waals surface area contributed by atoms with E-state index in [9.17, 15) is 4.79 Å². The molecule has 1 amide bonds. The number of rotatable bonds is 3. The lowest BCUT2D eigenvalue weighted by molar-refractivity contribution is 0.0945. The van der Waals surface area contributed by atoms with Crippen molar-refractivity contribution in [2.75, 3.05) is 0 Å². The molecule has 0 atom stereocenters. The van der Waals surface area contributed by atoms with Crippen LogP contribution in [-0.2, 0) is 6.54 Å². The number of nitrogens with zero attached hydrogens (tertiary/aromatic N) is 2. The predicted molar refractivity (Wildman–Crippen MR) is 65.2 cm³/mol. The Hall–Kier alpha value is -1.27. The molecule has 0 radical (unpaired) electrons. The standard InChI is InChI=1S/C10H8BrN3OS/c11-7-2-1-3-13-9(7)10(15)14-6-8-12-4-5-16-8/h1-5H,6H2,(H,14,15). The van der Waals surface area contributed by atoms with Crippen molar-refractivity contribution < 1.29 is 4.79 Å². The van der Waals surface area contributed by atoms with Gasteiger partial charge in [-0.1, -0.05) is 0 Å². The monoisotopic (exact) mass is 297 g/mol. The van der Waals surface area contributed by atoms with E-state index in [-0.39, 0.29) is 5.91 Å². The summed E-state index contributed by atoms with van der Waals surface area (Å²) in [5.41, 5.74) is 0.388. The fourth-order valence-corrected chi connectivity index (χ4v) is 2.12. The molecule has 0 aliphatic carbocycles. The van der Waals surface area contributed by atoms with E-state index in [4.69, 9.17) is 0 Å². The Balaban J connectivity index is 2.01. The normalized spacial score (nSPS) is 10.1. The Bertz CT molecular complexity index is 487. The van der Waals surface area contributed by atoms with Crippen molar-refractivity contribution in [3.05, 3.63) is 45.1 Å². The average Bonchev–Trinajstić information content (AvgIpc) is 2.79. The predicted octanol–water partition coefficient (Wildman–Crippen LogP) is 2.23. The Labute approximate surface area is 105 Å². The lowest BCUT2D eigenvalue weighted by atomic mass is 10.3. The minimum atomic E-state index is -0.206. The van der Waals surface area contributed by atoms with Gasteiger partial charge in [-0.25, -0.2) is 9.97 Å². The molecule has 6 heteroatoms. The van der Waals surface area contributed by atoms with Crippen molar-refractivity contribution in [1.82, 2.24) is 15.3 Å². The maximum atomic E-state index is 11.7. The topological polar surface area (TPSA) is 54.9 Å². The van der Waals surface area contributed by atoms with Gasteiger partial charge in [0.15, 0.2) is 0 Å². The number of halogens is 1. The number of carbonyl (C=O) groups excluding carboxylic acids is 1. The van der Waals surface area contributed by atoms with Gasteiger partial charge in [-0.05, 0) is 28.1 Å². The van der Waals surface area contributed by atoms with Gasteiger partial charge in [-0.15, -0.1) is 11.3 Å². The van der Waals surface area contributed by atoms with Crippen molar-refractivity contribution in [3.63, 3.8) is 0 Å². The van der Waals surface area contributed by atoms with Crippen LogP contribution in [0, 0.1) is 0 Å². The smallest absolute Gasteiger partial charge is 0.271 e. The van der Waals surface area contributed by atoms with Crippen molar-refractivity contribution in [3.8, 4) is 0 Å². The first-order valence-electron chi connectivity index (χ1n) is 4.54. The van der Waals surface area contributed by atoms with Gasteiger partial charge in [0.05, 0.1) is 6.54 Å². The van der Waals surface area contributed by atoms with E-state index in [1.807, 2.05) is 5.38 Å². The van der Waals surface area contributed by atoms with Gasteiger partial charge < -0.3 is 5.32 Å². The van der Waals surface area contributed by atoms with Crippen LogP contribution < -0.4 is 5.32 Å². The Morgan fingerprint density at radius 2 is 2.31 bits per heavy atom. The number of aromatic nitrogens is 2. The third-order valence-corrected chi connectivity index (χ3v) is 3.28. The minimum absolute atomic E-state index is 0.206. The van der Waals surface area contributed by atoms with Crippen LogP contribution in [-0.4, -0.2) is 15.9 Å². The molecule has 0 saturated heterocycles. The van der Waals surface area contributed by atoms with E-state index in [0.717, 1.165) is 5.01 Å². The molecular formula is C10H8BrN3OS. The van der Waals surface area contributed by atoms with Gasteiger partial charge in [-0.2, -0.15) is 0 Å². The lowest BCUT2D eigenvalue weighted by Gasteiger charge is -2.03. The molecule has 0 spiro atoms. The summed E-state index contributed by atoms with van der Waals surface area (Å²) >= 11 is 4.79. The minimum Gasteiger partial charge on any atom is -0.344 e. The van der Waals surface area contributed by atoms with Crippen LogP contribution in [0.15, 0.2) is 34.4 Å². The van der Waals surface area contributed by atoms with Gasteiger partial charge in [0.25, 0.3) is 5.91 Å². The van der Waals surface area contributed by atoms with Gasteiger partial charge in [0.2, 0.25) is 0 Å². The fraction of sp³-hybridized carbons (Fsp3) is 0.100. The molecule has 0 saturated carbocycles. The maximum absolute atomic E-state index is 11.7. The van der Waals surface area contributed by atoms with Crippen LogP contribution in [0.5, 0.6) is 0 Å². The third-order valence-electron chi connectivity index (χ3n) is 1.86. The number of hydrogen-bond donors (Lipinski definition) is 1. The van der Waals surface area contributed by atoms with E-state index < -0.39 is 0 Å². The zero-order valence-corrected chi connectivity index (χ0v) is 10.6. The summed E-state index contributed by atoms with van der Waals surface area (Å²) in [6, 6.07) is 3.55. The molecule has 2 aromatic heterocycles. The van der Waals surface area contributed by atoms with Gasteiger partial charge in [0.1, 0.15) is 10.7 Å². The van der Waals surface area contributed by atoms with Crippen molar-refractivity contribution in [1.29, 1.82) is 0 Å². The largest absolute Gasteiger partial charge is 0.344 e. The van der Waals surface area contributed by atoms with Crippen molar-refractivity contribution >= 4 is 33.2 Å². The van der Waals surface area contributed by atoms with E-state index in [1.165, 1.54) is 11.3 Å². The van der Waals surface area contributed by atoms with Crippen LogP contribution in [0.1, 0.15) is 15.5 Å². The van der Waals surface area contributed by atoms with Crippen LogP contribution in [0.4, 0.5) is 0 Å². The molecule has 0 aliphatic heterocycles. The SMILES string of the molecule is O=C(NCc1nccs1)c1ncccc1Br. The van der Waals surface area contributed by atoms with Crippen LogP contribution in [0.2, 0.25) is 0 Å². The Kier molecular flexibility index (Phi) is 3.63. The molecule has 16 heavy (non-hydrogen) atoms. The van der Waals surface area contributed by atoms with E-state index >= 15 is 0 Å². The number of hydrogen-bond acceptors (Lipinski definition) is 4.